The fourth-order valence-electron chi connectivity index (χ4n) is 2.12. The van der Waals surface area contributed by atoms with Crippen LogP contribution in [-0.2, 0) is 11.2 Å². The van der Waals surface area contributed by atoms with Crippen molar-refractivity contribution in [3.63, 3.8) is 0 Å². The molecule has 0 spiro atoms. The van der Waals surface area contributed by atoms with Crippen molar-refractivity contribution >= 4 is 0 Å². The van der Waals surface area contributed by atoms with Crippen LogP contribution in [0.2, 0.25) is 0 Å². The maximum Gasteiger partial charge on any atom is 0.199 e. The molecule has 1 aromatic carbocycles. The second kappa shape index (κ2) is 6.61. The quantitative estimate of drug-likeness (QED) is 0.870. The first-order valence-electron chi connectivity index (χ1n) is 6.48. The van der Waals surface area contributed by atoms with Crippen LogP contribution >= 0.6 is 0 Å². The predicted octanol–water partition coefficient (Wildman–Crippen LogP) is 2.10. The summed E-state index contributed by atoms with van der Waals surface area (Å²) in [7, 11) is 1.66. The van der Waals surface area contributed by atoms with Gasteiger partial charge < -0.3 is 19.9 Å². The smallest absolute Gasteiger partial charge is 0.199 e. The van der Waals surface area contributed by atoms with Gasteiger partial charge in [-0.15, -0.1) is 0 Å². The Morgan fingerprint density at radius 1 is 1.39 bits per heavy atom. The number of benzene rings is 1. The van der Waals surface area contributed by atoms with Gasteiger partial charge in [0.2, 0.25) is 0 Å². The second-order valence-electron chi connectivity index (χ2n) is 4.43. The second-order valence-corrected chi connectivity index (χ2v) is 4.43. The summed E-state index contributed by atoms with van der Waals surface area (Å²) < 4.78 is 16.7. The van der Waals surface area contributed by atoms with Crippen molar-refractivity contribution in [1.29, 1.82) is 0 Å². The van der Waals surface area contributed by atoms with E-state index >= 15 is 0 Å². The van der Waals surface area contributed by atoms with E-state index in [2.05, 4.69) is 0 Å². The lowest BCUT2D eigenvalue weighted by Crippen LogP contribution is -2.25. The molecule has 1 fully saturated rings. The fourth-order valence-corrected chi connectivity index (χ4v) is 2.12. The van der Waals surface area contributed by atoms with Crippen LogP contribution < -0.4 is 15.2 Å². The molecule has 0 aliphatic carbocycles. The Kier molecular flexibility index (Phi) is 4.84. The fraction of sp³-hybridized carbons (Fsp3) is 0.571. The first kappa shape index (κ1) is 13.2. The first-order valence-corrected chi connectivity index (χ1v) is 6.48. The van der Waals surface area contributed by atoms with Crippen LogP contribution in [0.1, 0.15) is 24.8 Å². The number of methoxy groups -OCH3 is 1. The Hall–Kier alpha value is -1.26. The van der Waals surface area contributed by atoms with Crippen molar-refractivity contribution in [2.24, 2.45) is 5.73 Å². The van der Waals surface area contributed by atoms with E-state index in [4.69, 9.17) is 19.9 Å². The van der Waals surface area contributed by atoms with Crippen LogP contribution in [0.5, 0.6) is 11.5 Å². The monoisotopic (exact) mass is 251 g/mol. The molecule has 18 heavy (non-hydrogen) atoms. The summed E-state index contributed by atoms with van der Waals surface area (Å²) in [6.07, 6.45) is 3.92. The van der Waals surface area contributed by atoms with Crippen LogP contribution in [0.25, 0.3) is 0 Å². The van der Waals surface area contributed by atoms with E-state index in [1.165, 1.54) is 0 Å². The minimum absolute atomic E-state index is 0.121. The average Bonchev–Trinajstić information content (AvgIpc) is 2.42. The summed E-state index contributed by atoms with van der Waals surface area (Å²) in [5.74, 6) is 1.62. The van der Waals surface area contributed by atoms with Crippen molar-refractivity contribution in [3.8, 4) is 11.5 Å². The van der Waals surface area contributed by atoms with Crippen molar-refractivity contribution in [2.75, 3.05) is 20.3 Å². The highest BCUT2D eigenvalue weighted by Crippen LogP contribution is 2.27. The van der Waals surface area contributed by atoms with Crippen molar-refractivity contribution in [1.82, 2.24) is 0 Å². The molecule has 0 amide bonds. The molecular formula is C14H21NO3. The highest BCUT2D eigenvalue weighted by molar-refractivity contribution is 5.41. The molecule has 4 heteroatoms. The first-order chi connectivity index (χ1) is 8.83. The predicted molar refractivity (Wildman–Crippen MR) is 70.0 cm³/mol. The lowest BCUT2D eigenvalue weighted by molar-refractivity contribution is -0.105. The largest absolute Gasteiger partial charge is 0.496 e. The molecule has 0 saturated carbocycles. The molecular weight excluding hydrogens is 230 g/mol. The highest BCUT2D eigenvalue weighted by atomic mass is 16.7. The van der Waals surface area contributed by atoms with Gasteiger partial charge in [0.25, 0.3) is 0 Å². The van der Waals surface area contributed by atoms with E-state index in [0.717, 1.165) is 49.4 Å². The Morgan fingerprint density at radius 3 is 2.94 bits per heavy atom. The van der Waals surface area contributed by atoms with Gasteiger partial charge in [0.1, 0.15) is 11.5 Å². The van der Waals surface area contributed by atoms with Gasteiger partial charge in [-0.05, 0) is 37.4 Å². The lowest BCUT2D eigenvalue weighted by Gasteiger charge is -2.23. The third-order valence-corrected chi connectivity index (χ3v) is 3.08. The van der Waals surface area contributed by atoms with Crippen LogP contribution in [-0.4, -0.2) is 26.6 Å². The summed E-state index contributed by atoms with van der Waals surface area (Å²) in [4.78, 5) is 0. The molecule has 4 nitrogen and oxygen atoms in total. The molecule has 1 aliphatic heterocycles. The number of hydrogen-bond donors (Lipinski definition) is 1. The molecule has 1 aliphatic rings. The maximum absolute atomic E-state index is 5.80. The average molecular weight is 251 g/mol. The van der Waals surface area contributed by atoms with Gasteiger partial charge in [0, 0.05) is 12.5 Å². The highest BCUT2D eigenvalue weighted by Gasteiger charge is 2.15. The van der Waals surface area contributed by atoms with E-state index in [-0.39, 0.29) is 6.29 Å². The van der Waals surface area contributed by atoms with Gasteiger partial charge in [-0.25, -0.2) is 0 Å². The topological polar surface area (TPSA) is 53.7 Å². The van der Waals surface area contributed by atoms with E-state index in [1.807, 2.05) is 18.2 Å². The molecule has 0 bridgehead atoms. The summed E-state index contributed by atoms with van der Waals surface area (Å²) in [6, 6.07) is 5.86. The number of rotatable bonds is 5. The Labute approximate surface area is 108 Å². The standard InChI is InChI=1S/C14H21NO3/c1-16-13-10-12(6-5-11(13)7-8-15)18-14-4-2-3-9-17-14/h5-6,10,14H,2-4,7-9,15H2,1H3. The Balaban J connectivity index is 2.04. The zero-order chi connectivity index (χ0) is 12.8. The molecule has 0 radical (unpaired) electrons. The normalized spacial score (nSPS) is 19.6. The van der Waals surface area contributed by atoms with Gasteiger partial charge in [-0.1, -0.05) is 6.07 Å². The third kappa shape index (κ3) is 3.37. The Morgan fingerprint density at radius 2 is 2.28 bits per heavy atom. The molecule has 2 rings (SSSR count). The summed E-state index contributed by atoms with van der Waals surface area (Å²) >= 11 is 0. The summed E-state index contributed by atoms with van der Waals surface area (Å²) in [5.41, 5.74) is 6.67. The minimum Gasteiger partial charge on any atom is -0.496 e. The third-order valence-electron chi connectivity index (χ3n) is 3.08. The molecule has 1 atom stereocenters. The molecule has 1 unspecified atom stereocenters. The van der Waals surface area contributed by atoms with Crippen LogP contribution in [0.15, 0.2) is 18.2 Å². The van der Waals surface area contributed by atoms with Crippen LogP contribution in [0.4, 0.5) is 0 Å². The molecule has 1 saturated heterocycles. The number of ether oxygens (including phenoxy) is 3. The zero-order valence-corrected chi connectivity index (χ0v) is 10.9. The van der Waals surface area contributed by atoms with Crippen molar-refractivity contribution < 1.29 is 14.2 Å². The lowest BCUT2D eigenvalue weighted by atomic mass is 10.1. The van der Waals surface area contributed by atoms with E-state index in [1.54, 1.807) is 7.11 Å². The molecule has 0 aromatic heterocycles. The van der Waals surface area contributed by atoms with Crippen LogP contribution in [0.3, 0.4) is 0 Å². The van der Waals surface area contributed by atoms with Crippen LogP contribution in [0, 0.1) is 0 Å². The summed E-state index contributed by atoms with van der Waals surface area (Å²) in [5, 5.41) is 0. The van der Waals surface area contributed by atoms with Gasteiger partial charge >= 0.3 is 0 Å². The van der Waals surface area contributed by atoms with Gasteiger partial charge in [-0.3, -0.25) is 0 Å². The minimum atomic E-state index is -0.121. The molecule has 1 heterocycles. The SMILES string of the molecule is COc1cc(OC2CCCCO2)ccc1CCN. The summed E-state index contributed by atoms with van der Waals surface area (Å²) in [6.45, 7) is 1.40. The van der Waals surface area contributed by atoms with Gasteiger partial charge in [0.15, 0.2) is 6.29 Å². The maximum atomic E-state index is 5.80. The van der Waals surface area contributed by atoms with Crippen molar-refractivity contribution in [3.05, 3.63) is 23.8 Å². The zero-order valence-electron chi connectivity index (χ0n) is 10.9. The van der Waals surface area contributed by atoms with E-state index < -0.39 is 0 Å². The molecule has 1 aromatic rings. The number of hydrogen-bond acceptors (Lipinski definition) is 4. The van der Waals surface area contributed by atoms with E-state index in [0.29, 0.717) is 6.54 Å². The van der Waals surface area contributed by atoms with Crippen molar-refractivity contribution in [2.45, 2.75) is 32.0 Å². The van der Waals surface area contributed by atoms with Gasteiger partial charge in [-0.2, -0.15) is 0 Å². The van der Waals surface area contributed by atoms with Gasteiger partial charge in [0.05, 0.1) is 13.7 Å². The number of nitrogens with two attached hydrogens (primary N) is 1. The Bertz CT molecular complexity index is 375. The van der Waals surface area contributed by atoms with E-state index in [9.17, 15) is 0 Å². The molecule has 100 valence electrons. The molecule has 2 N–H and O–H groups in total.